The summed E-state index contributed by atoms with van der Waals surface area (Å²) in [5.41, 5.74) is 0.00823. The number of nitrogens with zero attached hydrogens (tertiary/aromatic N) is 2. The average Bonchev–Trinajstić information content (AvgIpc) is 3.40. The number of nitrogens with one attached hydrogen (secondary N) is 1. The van der Waals surface area contributed by atoms with E-state index in [1.165, 1.54) is 0 Å². The van der Waals surface area contributed by atoms with E-state index in [2.05, 4.69) is 12.2 Å². The second-order valence-corrected chi connectivity index (χ2v) is 9.58. The maximum absolute atomic E-state index is 13.5. The number of rotatable bonds is 4. The van der Waals surface area contributed by atoms with Crippen molar-refractivity contribution in [1.82, 2.24) is 15.1 Å². The highest BCUT2D eigenvalue weighted by atomic mass is 35.5. The molecule has 162 valence electrons. The number of hydrogen-bond acceptors (Lipinski definition) is 5. The number of likely N-dealkylation sites (tertiary alicyclic amines) is 1. The Labute approximate surface area is 176 Å². The maximum atomic E-state index is 13.5. The third kappa shape index (κ3) is 4.25. The molecule has 4 rings (SSSR count). The number of ketones is 1. The predicted octanol–water partition coefficient (Wildman–Crippen LogP) is 1.15. The zero-order valence-electron chi connectivity index (χ0n) is 16.9. The number of ether oxygens (including phenoxy) is 2. The number of halogens is 1. The highest BCUT2D eigenvalue weighted by molar-refractivity contribution is 6.22. The maximum Gasteiger partial charge on any atom is 0.318 e. The first-order chi connectivity index (χ1) is 13.9. The average molecular weight is 428 g/mol. The van der Waals surface area contributed by atoms with E-state index >= 15 is 0 Å². The number of Topliss-reactive ketones (excluding diaryl/α,β-unsaturated/α-hetero) is 1. The Hall–Kier alpha value is -1.38. The van der Waals surface area contributed by atoms with Crippen LogP contribution >= 0.6 is 11.6 Å². The van der Waals surface area contributed by atoms with Gasteiger partial charge in [-0.05, 0) is 24.7 Å². The number of amides is 3. The quantitative estimate of drug-likeness (QED) is 0.680. The van der Waals surface area contributed by atoms with Gasteiger partial charge in [-0.25, -0.2) is 4.79 Å². The van der Waals surface area contributed by atoms with Gasteiger partial charge in [0.25, 0.3) is 0 Å². The van der Waals surface area contributed by atoms with Crippen molar-refractivity contribution in [2.75, 3.05) is 39.5 Å². The van der Waals surface area contributed by atoms with Crippen molar-refractivity contribution >= 4 is 29.3 Å². The van der Waals surface area contributed by atoms with Crippen LogP contribution in [0.3, 0.4) is 0 Å². The minimum Gasteiger partial charge on any atom is -0.378 e. The van der Waals surface area contributed by atoms with Crippen LogP contribution in [0.2, 0.25) is 0 Å². The fraction of sp³-hybridized carbons (Fsp3) is 0.850. The fourth-order valence-corrected chi connectivity index (χ4v) is 5.52. The number of morpholine rings is 1. The standard InChI is InChI=1S/C20H30ClN3O5/c1-20(4-2-3-5-20)10-14(22-19(27)23-6-8-28-9-7-23)18(26)24-11-13(21)17-16(24)15(25)12-29-17/h13-14,16-17H,2-12H2,1H3,(H,22,27). The van der Waals surface area contributed by atoms with Gasteiger partial charge in [0.2, 0.25) is 5.91 Å². The molecule has 0 bridgehead atoms. The minimum atomic E-state index is -0.676. The van der Waals surface area contributed by atoms with E-state index in [-0.39, 0.29) is 36.3 Å². The molecule has 29 heavy (non-hydrogen) atoms. The number of carbonyl (C=O) groups excluding carboxylic acids is 3. The van der Waals surface area contributed by atoms with E-state index in [0.717, 1.165) is 25.7 Å². The van der Waals surface area contributed by atoms with Crippen molar-refractivity contribution in [3.8, 4) is 0 Å². The van der Waals surface area contributed by atoms with Crippen molar-refractivity contribution in [3.63, 3.8) is 0 Å². The number of alkyl halides is 1. The molecule has 4 aliphatic rings. The van der Waals surface area contributed by atoms with Crippen LogP contribution < -0.4 is 5.32 Å². The summed E-state index contributed by atoms with van der Waals surface area (Å²) in [4.78, 5) is 41.9. The Morgan fingerprint density at radius 2 is 1.97 bits per heavy atom. The van der Waals surface area contributed by atoms with Gasteiger partial charge in [-0.2, -0.15) is 0 Å². The lowest BCUT2D eigenvalue weighted by Gasteiger charge is -2.35. The van der Waals surface area contributed by atoms with Crippen molar-refractivity contribution in [1.29, 1.82) is 0 Å². The summed E-state index contributed by atoms with van der Waals surface area (Å²) in [6, 6.07) is -1.56. The molecular formula is C20H30ClN3O5. The van der Waals surface area contributed by atoms with Crippen molar-refractivity contribution < 1.29 is 23.9 Å². The van der Waals surface area contributed by atoms with Crippen molar-refractivity contribution in [3.05, 3.63) is 0 Å². The highest BCUT2D eigenvalue weighted by Crippen LogP contribution is 2.42. The van der Waals surface area contributed by atoms with E-state index < -0.39 is 23.6 Å². The van der Waals surface area contributed by atoms with Crippen LogP contribution in [0.1, 0.15) is 39.0 Å². The normalized spacial score (nSPS) is 32.3. The van der Waals surface area contributed by atoms with Gasteiger partial charge < -0.3 is 24.6 Å². The fourth-order valence-electron chi connectivity index (χ4n) is 5.16. The smallest absolute Gasteiger partial charge is 0.318 e. The molecule has 1 N–H and O–H groups in total. The molecule has 0 aromatic carbocycles. The van der Waals surface area contributed by atoms with E-state index in [1.807, 2.05) is 0 Å². The Morgan fingerprint density at radius 1 is 1.28 bits per heavy atom. The molecule has 4 atom stereocenters. The van der Waals surface area contributed by atoms with E-state index in [4.69, 9.17) is 21.1 Å². The summed E-state index contributed by atoms with van der Waals surface area (Å²) in [5.74, 6) is -0.339. The summed E-state index contributed by atoms with van der Waals surface area (Å²) in [5, 5.41) is 2.56. The Balaban J connectivity index is 1.51. The molecule has 3 aliphatic heterocycles. The third-order valence-electron chi connectivity index (χ3n) is 6.81. The number of urea groups is 1. The Bertz CT molecular complexity index is 663. The first kappa shape index (κ1) is 20.9. The lowest BCUT2D eigenvalue weighted by atomic mass is 9.81. The molecule has 3 saturated heterocycles. The first-order valence-electron chi connectivity index (χ1n) is 10.6. The van der Waals surface area contributed by atoms with Crippen molar-refractivity contribution in [2.45, 2.75) is 62.6 Å². The predicted molar refractivity (Wildman–Crippen MR) is 106 cm³/mol. The van der Waals surface area contributed by atoms with Crippen LogP contribution in [0.5, 0.6) is 0 Å². The SMILES string of the molecule is CC1(CC(NC(=O)N2CCOCC2)C(=O)N2CC(Cl)C3OCC(=O)C32)CCCC1. The number of carbonyl (C=O) groups is 3. The Morgan fingerprint density at radius 3 is 2.66 bits per heavy atom. The second-order valence-electron chi connectivity index (χ2n) is 9.02. The van der Waals surface area contributed by atoms with E-state index in [9.17, 15) is 14.4 Å². The van der Waals surface area contributed by atoms with Crippen LogP contribution in [0.4, 0.5) is 4.79 Å². The molecule has 0 radical (unpaired) electrons. The molecule has 0 aromatic rings. The molecular weight excluding hydrogens is 398 g/mol. The summed E-state index contributed by atoms with van der Waals surface area (Å²) in [6.45, 7) is 4.46. The van der Waals surface area contributed by atoms with E-state index in [1.54, 1.807) is 9.80 Å². The van der Waals surface area contributed by atoms with Gasteiger partial charge in [0.1, 0.15) is 24.8 Å². The first-order valence-corrected chi connectivity index (χ1v) is 11.0. The van der Waals surface area contributed by atoms with Gasteiger partial charge in [0.05, 0.1) is 18.6 Å². The van der Waals surface area contributed by atoms with Crippen LogP contribution in [0.15, 0.2) is 0 Å². The zero-order valence-corrected chi connectivity index (χ0v) is 17.7. The largest absolute Gasteiger partial charge is 0.378 e. The second kappa shape index (κ2) is 8.40. The van der Waals surface area contributed by atoms with E-state index in [0.29, 0.717) is 32.7 Å². The van der Waals surface area contributed by atoms with Gasteiger partial charge in [-0.1, -0.05) is 19.8 Å². The molecule has 4 fully saturated rings. The number of fused-ring (bicyclic) bond motifs is 1. The van der Waals surface area contributed by atoms with Gasteiger partial charge in [0, 0.05) is 19.6 Å². The monoisotopic (exact) mass is 427 g/mol. The molecule has 0 spiro atoms. The van der Waals surface area contributed by atoms with Gasteiger partial charge >= 0.3 is 6.03 Å². The highest BCUT2D eigenvalue weighted by Gasteiger charge is 2.53. The summed E-state index contributed by atoms with van der Waals surface area (Å²) in [7, 11) is 0. The summed E-state index contributed by atoms with van der Waals surface area (Å²) in [6.07, 6.45) is 4.47. The molecule has 3 amide bonds. The Kier molecular flexibility index (Phi) is 6.04. The zero-order chi connectivity index (χ0) is 20.6. The number of hydrogen-bond donors (Lipinski definition) is 1. The van der Waals surface area contributed by atoms with Crippen molar-refractivity contribution in [2.24, 2.45) is 5.41 Å². The summed E-state index contributed by atoms with van der Waals surface area (Å²) < 4.78 is 10.8. The van der Waals surface area contributed by atoms with Crippen LogP contribution in [-0.2, 0) is 19.1 Å². The van der Waals surface area contributed by atoms with Gasteiger partial charge in [-0.3, -0.25) is 9.59 Å². The molecule has 9 heteroatoms. The summed E-state index contributed by atoms with van der Waals surface area (Å²) >= 11 is 6.37. The van der Waals surface area contributed by atoms with Crippen LogP contribution in [-0.4, -0.2) is 90.5 Å². The molecule has 3 heterocycles. The molecule has 0 aromatic heterocycles. The van der Waals surface area contributed by atoms with Crippen LogP contribution in [0.25, 0.3) is 0 Å². The minimum absolute atomic E-state index is 0.00823. The lowest BCUT2D eigenvalue weighted by molar-refractivity contribution is -0.138. The third-order valence-corrected chi connectivity index (χ3v) is 7.19. The van der Waals surface area contributed by atoms with Gasteiger partial charge in [0.15, 0.2) is 5.78 Å². The molecule has 4 unspecified atom stereocenters. The van der Waals surface area contributed by atoms with Gasteiger partial charge in [-0.15, -0.1) is 11.6 Å². The molecule has 1 aliphatic carbocycles. The lowest BCUT2D eigenvalue weighted by Crippen LogP contribution is -2.56. The van der Waals surface area contributed by atoms with Crippen LogP contribution in [0, 0.1) is 5.41 Å². The molecule has 8 nitrogen and oxygen atoms in total. The molecule has 1 saturated carbocycles. The topological polar surface area (TPSA) is 88.2 Å².